The zero-order valence-electron chi connectivity index (χ0n) is 14.4. The summed E-state index contributed by atoms with van der Waals surface area (Å²) in [7, 11) is 1.34. The number of ether oxygens (including phenoxy) is 1. The van der Waals surface area contributed by atoms with E-state index in [0.29, 0.717) is 33.9 Å². The van der Waals surface area contributed by atoms with Gasteiger partial charge in [0.2, 0.25) is 0 Å². The fourth-order valence-electron chi connectivity index (χ4n) is 2.54. The Morgan fingerprint density at radius 3 is 2.48 bits per heavy atom. The first-order chi connectivity index (χ1) is 12.1. The lowest BCUT2D eigenvalue weighted by Crippen LogP contribution is -2.14. The average Bonchev–Trinajstić information content (AvgIpc) is 2.84. The predicted octanol–water partition coefficient (Wildman–Crippen LogP) is 4.11. The number of allylic oxidation sites excluding steroid dienone is 4. The highest BCUT2D eigenvalue weighted by molar-refractivity contribution is 6.52. The first-order valence-electron chi connectivity index (χ1n) is 8.08. The maximum atomic E-state index is 12.3. The smallest absolute Gasteiger partial charge is 0.334 e. The van der Waals surface area contributed by atoms with Crippen LogP contribution in [0.5, 0.6) is 0 Å². The van der Waals surface area contributed by atoms with Crippen molar-refractivity contribution in [1.82, 2.24) is 5.32 Å². The number of carbonyl (C=O) groups is 2. The van der Waals surface area contributed by atoms with Gasteiger partial charge in [0.25, 0.3) is 5.91 Å². The first kappa shape index (κ1) is 18.7. The summed E-state index contributed by atoms with van der Waals surface area (Å²) < 4.78 is 4.74. The molecule has 5 heteroatoms. The van der Waals surface area contributed by atoms with Crippen molar-refractivity contribution in [1.29, 1.82) is 0 Å². The van der Waals surface area contributed by atoms with Crippen LogP contribution in [0.4, 0.5) is 0 Å². The molecule has 0 saturated carbocycles. The number of hydrogen-bond acceptors (Lipinski definition) is 3. The fourth-order valence-corrected chi connectivity index (χ4v) is 2.85. The summed E-state index contributed by atoms with van der Waals surface area (Å²) in [5.74, 6) is -0.629. The van der Waals surface area contributed by atoms with Gasteiger partial charge in [-0.2, -0.15) is 0 Å². The molecule has 0 atom stereocenters. The number of esters is 1. The van der Waals surface area contributed by atoms with Crippen molar-refractivity contribution in [2.75, 3.05) is 7.11 Å². The molecule has 1 amide bonds. The topological polar surface area (TPSA) is 55.4 Å². The summed E-state index contributed by atoms with van der Waals surface area (Å²) >= 11 is 6.45. The Morgan fingerprint density at radius 1 is 1.16 bits per heavy atom. The Kier molecular flexibility index (Phi) is 6.37. The van der Waals surface area contributed by atoms with Crippen LogP contribution >= 0.6 is 11.6 Å². The first-order valence-corrected chi connectivity index (χ1v) is 8.46. The molecule has 1 aliphatic carbocycles. The molecule has 4 nitrogen and oxygen atoms in total. The van der Waals surface area contributed by atoms with Crippen LogP contribution in [0.15, 0.2) is 71.0 Å². The van der Waals surface area contributed by atoms with Crippen LogP contribution in [0.1, 0.15) is 25.8 Å². The number of nitrogens with one attached hydrogen (secondary N) is 1. The van der Waals surface area contributed by atoms with Crippen LogP contribution in [0.2, 0.25) is 0 Å². The molecule has 1 heterocycles. The number of amides is 1. The van der Waals surface area contributed by atoms with E-state index >= 15 is 0 Å². The molecule has 130 valence electrons. The van der Waals surface area contributed by atoms with Gasteiger partial charge in [0, 0.05) is 16.8 Å². The molecule has 1 aromatic rings. The van der Waals surface area contributed by atoms with E-state index in [1.165, 1.54) is 7.11 Å². The molecule has 1 fully saturated rings. The van der Waals surface area contributed by atoms with Crippen molar-refractivity contribution in [3.63, 3.8) is 0 Å². The summed E-state index contributed by atoms with van der Waals surface area (Å²) in [5.41, 5.74) is 3.04. The Bertz CT molecular complexity index is 801. The lowest BCUT2D eigenvalue weighted by molar-refractivity contribution is -0.136. The molecule has 0 spiro atoms. The summed E-state index contributed by atoms with van der Waals surface area (Å²) in [6, 6.07) is 9.29. The monoisotopic (exact) mass is 357 g/mol. The highest BCUT2D eigenvalue weighted by atomic mass is 35.5. The number of methoxy groups -OCH3 is 1. The Hall–Kier alpha value is -2.59. The number of fused-ring (bicyclic) bond motifs is 1. The molecule has 0 unspecified atom stereocenters. The molecule has 25 heavy (non-hydrogen) atoms. The van der Waals surface area contributed by atoms with Crippen LogP contribution in [0.25, 0.3) is 5.03 Å². The van der Waals surface area contributed by atoms with Crippen molar-refractivity contribution < 1.29 is 14.3 Å². The molecule has 1 N–H and O–H groups in total. The second-order valence-corrected chi connectivity index (χ2v) is 5.47. The second-order valence-electron chi connectivity index (χ2n) is 5.09. The molecular weight excluding hydrogens is 338 g/mol. The van der Waals surface area contributed by atoms with E-state index < -0.39 is 0 Å². The maximum Gasteiger partial charge on any atom is 0.334 e. The maximum absolute atomic E-state index is 12.3. The zero-order chi connectivity index (χ0) is 18.4. The number of halogens is 1. The van der Waals surface area contributed by atoms with E-state index in [9.17, 15) is 9.59 Å². The van der Waals surface area contributed by atoms with Gasteiger partial charge < -0.3 is 10.1 Å². The Labute approximate surface area is 152 Å². The van der Waals surface area contributed by atoms with Gasteiger partial charge in [0.05, 0.1) is 17.7 Å². The van der Waals surface area contributed by atoms with Crippen LogP contribution in [-0.4, -0.2) is 19.0 Å². The fraction of sp³-hybridized carbons (Fsp3) is 0.200. The summed E-state index contributed by atoms with van der Waals surface area (Å²) in [6.07, 6.45) is 5.57. The van der Waals surface area contributed by atoms with Crippen molar-refractivity contribution in [3.8, 4) is 0 Å². The number of benzene rings is 1. The molecular formula is C20H20ClNO3. The third-order valence-electron chi connectivity index (χ3n) is 3.71. The summed E-state index contributed by atoms with van der Waals surface area (Å²) in [6.45, 7) is 4.00. The van der Waals surface area contributed by atoms with E-state index in [2.05, 4.69) is 5.32 Å². The molecule has 0 radical (unpaired) electrons. The minimum Gasteiger partial charge on any atom is -0.466 e. The standard InChI is InChI=1S/C18H14ClNO3.C2H6/c1-23-18(22)12-7-9-13-14(10-8-12)20-17(21)15(13)16(19)11-5-3-2-4-6-11;1-2/h2-7,9-10H,8H2,1H3,(H,20,21);1-2H3/b16-15-;. The number of rotatable bonds is 2. The largest absolute Gasteiger partial charge is 0.466 e. The molecule has 1 aromatic carbocycles. The van der Waals surface area contributed by atoms with Crippen molar-refractivity contribution >= 4 is 28.5 Å². The second kappa shape index (κ2) is 8.49. The molecule has 1 saturated heterocycles. The highest BCUT2D eigenvalue weighted by Crippen LogP contribution is 2.36. The number of carbonyl (C=O) groups excluding carboxylic acids is 2. The molecule has 0 aromatic heterocycles. The SMILES string of the molecule is CC.COC(=O)C1=CC=C2C(=CC1)NC(=O)/C2=C(\Cl)c1ccccc1. The molecule has 2 aliphatic rings. The Balaban J connectivity index is 0.00000109. The van der Waals surface area contributed by atoms with E-state index in [1.807, 2.05) is 44.2 Å². The van der Waals surface area contributed by atoms with Gasteiger partial charge in [-0.25, -0.2) is 4.79 Å². The van der Waals surface area contributed by atoms with Gasteiger partial charge in [0.15, 0.2) is 0 Å². The third kappa shape index (κ3) is 3.91. The lowest BCUT2D eigenvalue weighted by atomic mass is 10.0. The van der Waals surface area contributed by atoms with Gasteiger partial charge >= 0.3 is 5.97 Å². The summed E-state index contributed by atoms with van der Waals surface area (Å²) in [4.78, 5) is 24.0. The van der Waals surface area contributed by atoms with Crippen molar-refractivity contribution in [2.24, 2.45) is 0 Å². The van der Waals surface area contributed by atoms with Crippen molar-refractivity contribution in [2.45, 2.75) is 20.3 Å². The molecule has 1 aliphatic heterocycles. The number of hydrogen-bond donors (Lipinski definition) is 1. The normalized spacial score (nSPS) is 17.6. The van der Waals surface area contributed by atoms with Crippen molar-refractivity contribution in [3.05, 3.63) is 76.5 Å². The summed E-state index contributed by atoms with van der Waals surface area (Å²) in [5, 5.41) is 3.18. The predicted molar refractivity (Wildman–Crippen MR) is 99.6 cm³/mol. The van der Waals surface area contributed by atoms with E-state index in [-0.39, 0.29) is 11.9 Å². The van der Waals surface area contributed by atoms with Gasteiger partial charge in [0.1, 0.15) is 0 Å². The van der Waals surface area contributed by atoms with Gasteiger partial charge in [-0.05, 0) is 12.0 Å². The highest BCUT2D eigenvalue weighted by Gasteiger charge is 2.31. The quantitative estimate of drug-likeness (QED) is 0.640. The van der Waals surface area contributed by atoms with E-state index in [0.717, 1.165) is 5.56 Å². The van der Waals surface area contributed by atoms with Crippen LogP contribution in [-0.2, 0) is 14.3 Å². The van der Waals surface area contributed by atoms with Crippen LogP contribution < -0.4 is 5.32 Å². The van der Waals surface area contributed by atoms with Gasteiger partial charge in [-0.15, -0.1) is 0 Å². The van der Waals surface area contributed by atoms with Gasteiger partial charge in [-0.3, -0.25) is 4.79 Å². The van der Waals surface area contributed by atoms with E-state index in [4.69, 9.17) is 16.3 Å². The van der Waals surface area contributed by atoms with Crippen LogP contribution in [0.3, 0.4) is 0 Å². The van der Waals surface area contributed by atoms with E-state index in [1.54, 1.807) is 18.2 Å². The molecule has 0 bridgehead atoms. The molecule has 3 rings (SSSR count). The lowest BCUT2D eigenvalue weighted by Gasteiger charge is -2.03. The minimum atomic E-state index is -0.385. The average molecular weight is 358 g/mol. The Morgan fingerprint density at radius 2 is 1.84 bits per heavy atom. The third-order valence-corrected chi connectivity index (χ3v) is 4.11. The van der Waals surface area contributed by atoms with Gasteiger partial charge in [-0.1, -0.05) is 74.0 Å². The van der Waals surface area contributed by atoms with Crippen LogP contribution in [0, 0.1) is 0 Å². The zero-order valence-corrected chi connectivity index (χ0v) is 15.2. The minimum absolute atomic E-state index is 0.244.